The second kappa shape index (κ2) is 6.82. The van der Waals surface area contributed by atoms with E-state index in [0.29, 0.717) is 17.7 Å². The van der Waals surface area contributed by atoms with Gasteiger partial charge in [0.15, 0.2) is 11.6 Å². The van der Waals surface area contributed by atoms with Gasteiger partial charge in [-0.1, -0.05) is 0 Å². The van der Waals surface area contributed by atoms with Crippen molar-refractivity contribution in [2.24, 2.45) is 0 Å². The SMILES string of the molecule is Cc1cnc2c(c1)S(=O)(=O)N(Cc1cc(F)c(F)cc1F)CN2CC(=O)O. The van der Waals surface area contributed by atoms with E-state index in [-0.39, 0.29) is 16.3 Å². The molecule has 0 saturated heterocycles. The second-order valence-corrected chi connectivity index (χ2v) is 7.95. The Labute approximate surface area is 152 Å². The lowest BCUT2D eigenvalue weighted by molar-refractivity contribution is -0.135. The molecule has 1 N–H and O–H groups in total. The number of rotatable bonds is 4. The van der Waals surface area contributed by atoms with E-state index in [1.165, 1.54) is 17.2 Å². The number of anilines is 1. The number of carboxylic acid groups (broad SMARTS) is 1. The zero-order chi connectivity index (χ0) is 19.9. The standard InChI is InChI=1S/C16H14F3N3O4S/c1-9-2-14-16(20-5-9)21(7-15(23)24)8-22(27(14,25)26)6-10-3-12(18)13(19)4-11(10)17/h2-5H,6-8H2,1H3,(H,23,24). The summed E-state index contributed by atoms with van der Waals surface area (Å²) in [6, 6.07) is 2.22. The number of carbonyl (C=O) groups is 1. The molecule has 2 heterocycles. The number of sulfonamides is 1. The van der Waals surface area contributed by atoms with Crippen molar-refractivity contribution in [3.63, 3.8) is 0 Å². The summed E-state index contributed by atoms with van der Waals surface area (Å²) in [5.41, 5.74) is 0.144. The van der Waals surface area contributed by atoms with Crippen LogP contribution in [0.2, 0.25) is 0 Å². The molecule has 0 unspecified atom stereocenters. The number of carboxylic acids is 1. The first kappa shape index (κ1) is 19.1. The number of halogens is 3. The van der Waals surface area contributed by atoms with E-state index < -0.39 is 53.2 Å². The van der Waals surface area contributed by atoms with Crippen molar-refractivity contribution in [3.05, 3.63) is 53.0 Å². The summed E-state index contributed by atoms with van der Waals surface area (Å²) in [5.74, 6) is -5.08. The van der Waals surface area contributed by atoms with E-state index in [2.05, 4.69) is 4.98 Å². The van der Waals surface area contributed by atoms with Crippen LogP contribution in [0.5, 0.6) is 0 Å². The Morgan fingerprint density at radius 2 is 1.85 bits per heavy atom. The Morgan fingerprint density at radius 1 is 1.19 bits per heavy atom. The normalized spacial score (nSPS) is 16.2. The van der Waals surface area contributed by atoms with Gasteiger partial charge in [0.25, 0.3) is 0 Å². The Kier molecular flexibility index (Phi) is 4.82. The molecule has 0 amide bonds. The lowest BCUT2D eigenvalue weighted by atomic mass is 10.2. The van der Waals surface area contributed by atoms with Crippen LogP contribution in [-0.2, 0) is 21.4 Å². The third-order valence-corrected chi connectivity index (χ3v) is 5.76. The molecule has 0 fully saturated rings. The van der Waals surface area contributed by atoms with Gasteiger partial charge in [0.05, 0.1) is 6.67 Å². The maximum absolute atomic E-state index is 14.0. The van der Waals surface area contributed by atoms with Crippen LogP contribution in [0.15, 0.2) is 29.3 Å². The summed E-state index contributed by atoms with van der Waals surface area (Å²) in [7, 11) is -4.16. The monoisotopic (exact) mass is 401 g/mol. The number of benzene rings is 1. The van der Waals surface area contributed by atoms with Gasteiger partial charge in [-0.2, -0.15) is 4.31 Å². The van der Waals surface area contributed by atoms with E-state index in [1.54, 1.807) is 6.92 Å². The number of aromatic nitrogens is 1. The molecule has 1 aliphatic heterocycles. The highest BCUT2D eigenvalue weighted by Crippen LogP contribution is 2.33. The van der Waals surface area contributed by atoms with Gasteiger partial charge >= 0.3 is 5.97 Å². The van der Waals surface area contributed by atoms with Crippen LogP contribution in [0.3, 0.4) is 0 Å². The van der Waals surface area contributed by atoms with Crippen LogP contribution in [-0.4, -0.2) is 42.0 Å². The molecule has 144 valence electrons. The predicted molar refractivity (Wildman–Crippen MR) is 87.9 cm³/mol. The van der Waals surface area contributed by atoms with Crippen LogP contribution in [0.1, 0.15) is 11.1 Å². The molecule has 1 aromatic carbocycles. The number of hydrogen-bond donors (Lipinski definition) is 1. The number of aryl methyl sites for hydroxylation is 1. The molecule has 0 saturated carbocycles. The summed E-state index contributed by atoms with van der Waals surface area (Å²) in [6.45, 7) is 0.0264. The van der Waals surface area contributed by atoms with Crippen LogP contribution < -0.4 is 4.90 Å². The fourth-order valence-electron chi connectivity index (χ4n) is 2.73. The van der Waals surface area contributed by atoms with E-state index in [9.17, 15) is 26.4 Å². The van der Waals surface area contributed by atoms with Gasteiger partial charge in [-0.15, -0.1) is 0 Å². The highest BCUT2D eigenvalue weighted by molar-refractivity contribution is 7.89. The number of hydrogen-bond acceptors (Lipinski definition) is 5. The lowest BCUT2D eigenvalue weighted by Gasteiger charge is -2.36. The molecule has 27 heavy (non-hydrogen) atoms. The zero-order valence-electron chi connectivity index (χ0n) is 14.0. The Bertz CT molecular complexity index is 1030. The van der Waals surface area contributed by atoms with E-state index in [0.717, 1.165) is 4.31 Å². The maximum atomic E-state index is 14.0. The van der Waals surface area contributed by atoms with Gasteiger partial charge in [0.2, 0.25) is 10.0 Å². The molecule has 11 heteroatoms. The topological polar surface area (TPSA) is 90.8 Å². The summed E-state index contributed by atoms with van der Waals surface area (Å²) < 4.78 is 67.0. The second-order valence-electron chi connectivity index (χ2n) is 6.04. The van der Waals surface area contributed by atoms with E-state index in [4.69, 9.17) is 5.11 Å². The van der Waals surface area contributed by atoms with Crippen LogP contribution in [0.25, 0.3) is 0 Å². The first-order chi connectivity index (χ1) is 12.6. The van der Waals surface area contributed by atoms with Gasteiger partial charge in [-0.25, -0.2) is 26.6 Å². The molecule has 1 aromatic heterocycles. The zero-order valence-corrected chi connectivity index (χ0v) is 14.8. The maximum Gasteiger partial charge on any atom is 0.323 e. The highest BCUT2D eigenvalue weighted by atomic mass is 32.2. The molecule has 0 spiro atoms. The quantitative estimate of drug-likeness (QED) is 0.787. The summed E-state index contributed by atoms with van der Waals surface area (Å²) in [4.78, 5) is 16.1. The van der Waals surface area contributed by atoms with Crippen molar-refractivity contribution in [2.45, 2.75) is 18.4 Å². The predicted octanol–water partition coefficient (Wildman–Crippen LogP) is 1.86. The summed E-state index contributed by atoms with van der Waals surface area (Å²) in [5, 5.41) is 9.07. The molecule has 7 nitrogen and oxygen atoms in total. The van der Waals surface area contributed by atoms with Crippen molar-refractivity contribution >= 4 is 21.8 Å². The smallest absolute Gasteiger partial charge is 0.323 e. The van der Waals surface area contributed by atoms with Crippen LogP contribution in [0.4, 0.5) is 19.0 Å². The molecule has 0 radical (unpaired) electrons. The van der Waals surface area contributed by atoms with Gasteiger partial charge in [-0.05, 0) is 24.6 Å². The minimum absolute atomic E-state index is 0.0370. The van der Waals surface area contributed by atoms with Gasteiger partial charge in [-0.3, -0.25) is 4.79 Å². The van der Waals surface area contributed by atoms with Crippen molar-refractivity contribution in [3.8, 4) is 0 Å². The molecule has 1 aliphatic rings. The fourth-order valence-corrected chi connectivity index (χ4v) is 4.36. The van der Waals surface area contributed by atoms with Crippen LogP contribution in [0, 0.1) is 24.4 Å². The number of pyridine rings is 1. The Morgan fingerprint density at radius 3 is 2.52 bits per heavy atom. The van der Waals surface area contributed by atoms with E-state index in [1.807, 2.05) is 0 Å². The Hall–Kier alpha value is -2.66. The minimum Gasteiger partial charge on any atom is -0.480 e. The first-order valence-corrected chi connectivity index (χ1v) is 9.10. The van der Waals surface area contributed by atoms with Crippen molar-refractivity contribution in [1.82, 2.24) is 9.29 Å². The highest BCUT2D eigenvalue weighted by Gasteiger charge is 2.37. The molecule has 0 aliphatic carbocycles. The van der Waals surface area contributed by atoms with Crippen molar-refractivity contribution in [1.29, 1.82) is 0 Å². The Balaban J connectivity index is 2.06. The minimum atomic E-state index is -4.16. The third-order valence-electron chi connectivity index (χ3n) is 3.98. The molecule has 3 rings (SSSR count). The lowest BCUT2D eigenvalue weighted by Crippen LogP contribution is -2.48. The number of nitrogens with zero attached hydrogens (tertiary/aromatic N) is 3. The van der Waals surface area contributed by atoms with Crippen molar-refractivity contribution < 1.29 is 31.5 Å². The molecule has 0 bridgehead atoms. The average Bonchev–Trinajstić information content (AvgIpc) is 2.56. The van der Waals surface area contributed by atoms with Gasteiger partial charge in [0.1, 0.15) is 23.1 Å². The van der Waals surface area contributed by atoms with E-state index >= 15 is 0 Å². The molecular formula is C16H14F3N3O4S. The van der Waals surface area contributed by atoms with Gasteiger partial charge < -0.3 is 10.0 Å². The summed E-state index contributed by atoms with van der Waals surface area (Å²) in [6.07, 6.45) is 1.40. The first-order valence-electron chi connectivity index (χ1n) is 7.66. The largest absolute Gasteiger partial charge is 0.480 e. The molecule has 0 atom stereocenters. The van der Waals surface area contributed by atoms with Gasteiger partial charge in [0, 0.05) is 24.4 Å². The molecule has 2 aromatic rings. The summed E-state index contributed by atoms with van der Waals surface area (Å²) >= 11 is 0. The third kappa shape index (κ3) is 3.60. The van der Waals surface area contributed by atoms with Crippen LogP contribution >= 0.6 is 0 Å². The number of fused-ring (bicyclic) bond motifs is 1. The molecular weight excluding hydrogens is 387 g/mol. The number of aliphatic carboxylic acids is 1. The fraction of sp³-hybridized carbons (Fsp3) is 0.250. The van der Waals surface area contributed by atoms with Crippen molar-refractivity contribution in [2.75, 3.05) is 18.1 Å². The average molecular weight is 401 g/mol.